The van der Waals surface area contributed by atoms with E-state index in [-0.39, 0.29) is 0 Å². The molecule has 0 amide bonds. The monoisotopic (exact) mass is 248 g/mol. The Hall–Kier alpha value is -1.02. The van der Waals surface area contributed by atoms with Crippen molar-refractivity contribution in [3.63, 3.8) is 0 Å². The summed E-state index contributed by atoms with van der Waals surface area (Å²) in [6.07, 6.45) is 3.95. The summed E-state index contributed by atoms with van der Waals surface area (Å²) < 4.78 is 5.96. The Balaban J connectivity index is 2.57. The first-order valence-corrected chi connectivity index (χ1v) is 8.20. The van der Waals surface area contributed by atoms with Crippen molar-refractivity contribution in [3.8, 4) is 0 Å². The van der Waals surface area contributed by atoms with Crippen LogP contribution in [0.15, 0.2) is 30.5 Å². The Bertz CT molecular complexity index is 344. The first-order chi connectivity index (χ1) is 8.00. The highest BCUT2D eigenvalue weighted by Gasteiger charge is 2.20. The molecule has 0 atom stereocenters. The van der Waals surface area contributed by atoms with Gasteiger partial charge >= 0.3 is 0 Å². The van der Waals surface area contributed by atoms with Crippen molar-refractivity contribution in [1.29, 1.82) is 0 Å². The molecule has 1 aromatic rings. The van der Waals surface area contributed by atoms with Gasteiger partial charge in [0.15, 0.2) is 0 Å². The van der Waals surface area contributed by atoms with Crippen LogP contribution < -0.4 is 0 Å². The van der Waals surface area contributed by atoms with E-state index in [1.807, 2.05) is 6.26 Å². The van der Waals surface area contributed by atoms with Crippen molar-refractivity contribution in [2.75, 3.05) is 0 Å². The van der Waals surface area contributed by atoms with Crippen LogP contribution in [-0.2, 0) is 4.43 Å². The first kappa shape index (κ1) is 14.0. The third kappa shape index (κ3) is 4.78. The van der Waals surface area contributed by atoms with Crippen LogP contribution in [0, 0.1) is 6.92 Å². The lowest BCUT2D eigenvalue weighted by molar-refractivity contribution is 0.469. The molecule has 1 rings (SSSR count). The highest BCUT2D eigenvalue weighted by atomic mass is 28.3. The number of benzene rings is 1. The largest absolute Gasteiger partial charge is 0.551 e. The lowest BCUT2D eigenvalue weighted by atomic mass is 10.1. The Morgan fingerprint density at radius 1 is 1.00 bits per heavy atom. The molecule has 17 heavy (non-hydrogen) atoms. The van der Waals surface area contributed by atoms with E-state index in [1.54, 1.807) is 0 Å². The van der Waals surface area contributed by atoms with Gasteiger partial charge in [-0.1, -0.05) is 57.5 Å². The molecule has 0 aromatic heterocycles. The Labute approximate surface area is 107 Å². The normalized spacial score (nSPS) is 12.0. The van der Waals surface area contributed by atoms with Crippen molar-refractivity contribution in [3.05, 3.63) is 41.7 Å². The first-order valence-electron chi connectivity index (χ1n) is 6.39. The molecule has 0 fully saturated rings. The Morgan fingerprint density at radius 3 is 2.00 bits per heavy atom. The van der Waals surface area contributed by atoms with Crippen molar-refractivity contribution in [1.82, 2.24) is 0 Å². The van der Waals surface area contributed by atoms with E-state index in [1.165, 1.54) is 11.1 Å². The van der Waals surface area contributed by atoms with Gasteiger partial charge in [0, 0.05) is 0 Å². The van der Waals surface area contributed by atoms with Crippen LogP contribution in [0.2, 0.25) is 11.1 Å². The summed E-state index contributed by atoms with van der Waals surface area (Å²) in [6, 6.07) is 8.49. The third-order valence-corrected chi connectivity index (χ3v) is 5.99. The Kier molecular flexibility index (Phi) is 5.49. The molecule has 1 nitrogen and oxygen atoms in total. The van der Waals surface area contributed by atoms with Crippen LogP contribution in [0.25, 0.3) is 6.08 Å². The van der Waals surface area contributed by atoms with Crippen molar-refractivity contribution in [2.45, 2.75) is 45.7 Å². The fraction of sp³-hybridized carbons (Fsp3) is 0.467. The van der Waals surface area contributed by atoms with E-state index in [0.717, 1.165) is 0 Å². The van der Waals surface area contributed by atoms with E-state index in [9.17, 15) is 0 Å². The molecule has 2 heteroatoms. The number of hydrogen-bond acceptors (Lipinski definition) is 1. The highest BCUT2D eigenvalue weighted by molar-refractivity contribution is 6.55. The number of aryl methyl sites for hydroxylation is 1. The van der Waals surface area contributed by atoms with Gasteiger partial charge in [0.25, 0.3) is 0 Å². The molecule has 0 aliphatic heterocycles. The SMILES string of the molecule is Cc1ccc(C=CO[SiH](C(C)C)C(C)C)cc1. The van der Waals surface area contributed by atoms with E-state index in [4.69, 9.17) is 4.43 Å². The topological polar surface area (TPSA) is 9.23 Å². The smallest absolute Gasteiger partial charge is 0.239 e. The van der Waals surface area contributed by atoms with Crippen LogP contribution in [-0.4, -0.2) is 9.04 Å². The fourth-order valence-electron chi connectivity index (χ4n) is 1.97. The molecule has 0 heterocycles. The van der Waals surface area contributed by atoms with Gasteiger partial charge in [-0.25, -0.2) is 0 Å². The lowest BCUT2D eigenvalue weighted by Gasteiger charge is -2.21. The van der Waals surface area contributed by atoms with Gasteiger partial charge in [0.1, 0.15) is 0 Å². The second-order valence-corrected chi connectivity index (χ2v) is 9.17. The minimum atomic E-state index is -1.12. The summed E-state index contributed by atoms with van der Waals surface area (Å²) in [5, 5.41) is 0. The van der Waals surface area contributed by atoms with Gasteiger partial charge in [-0.05, 0) is 29.6 Å². The minimum absolute atomic E-state index is 0.678. The molecule has 0 radical (unpaired) electrons. The molecule has 0 saturated heterocycles. The van der Waals surface area contributed by atoms with Crippen LogP contribution in [0.5, 0.6) is 0 Å². The van der Waals surface area contributed by atoms with Crippen LogP contribution in [0.1, 0.15) is 38.8 Å². The summed E-state index contributed by atoms with van der Waals surface area (Å²) >= 11 is 0. The molecule has 0 aliphatic carbocycles. The molecule has 0 spiro atoms. The summed E-state index contributed by atoms with van der Waals surface area (Å²) in [5.74, 6) is 0. The third-order valence-electron chi connectivity index (χ3n) is 2.89. The molecule has 1 aromatic carbocycles. The molecule has 0 saturated carbocycles. The molecule has 0 N–H and O–H groups in total. The number of hydrogen-bond donors (Lipinski definition) is 0. The van der Waals surface area contributed by atoms with Gasteiger partial charge in [-0.3, -0.25) is 0 Å². The summed E-state index contributed by atoms with van der Waals surface area (Å²) in [7, 11) is -1.12. The van der Waals surface area contributed by atoms with Crippen molar-refractivity contribution >= 4 is 15.1 Å². The van der Waals surface area contributed by atoms with E-state index >= 15 is 0 Å². The van der Waals surface area contributed by atoms with Crippen LogP contribution in [0.3, 0.4) is 0 Å². The van der Waals surface area contributed by atoms with Gasteiger partial charge in [-0.15, -0.1) is 0 Å². The maximum atomic E-state index is 5.96. The van der Waals surface area contributed by atoms with Crippen molar-refractivity contribution < 1.29 is 4.43 Å². The quantitative estimate of drug-likeness (QED) is 0.549. The molecular formula is C15H24OSi. The standard InChI is InChI=1S/C15H24OSi/c1-12(2)17(13(3)4)16-11-10-15-8-6-14(5)7-9-15/h6-13,17H,1-5H3. The maximum absolute atomic E-state index is 5.96. The van der Waals surface area contributed by atoms with E-state index < -0.39 is 9.04 Å². The fourth-order valence-corrected chi connectivity index (χ4v) is 4.40. The van der Waals surface area contributed by atoms with Gasteiger partial charge in [0.05, 0.1) is 6.26 Å². The number of rotatable bonds is 5. The zero-order valence-corrected chi connectivity index (χ0v) is 12.8. The predicted octanol–water partition coefficient (Wildman–Crippen LogP) is 4.53. The van der Waals surface area contributed by atoms with Crippen LogP contribution >= 0.6 is 0 Å². The van der Waals surface area contributed by atoms with Crippen LogP contribution in [0.4, 0.5) is 0 Å². The van der Waals surface area contributed by atoms with Crippen molar-refractivity contribution in [2.24, 2.45) is 0 Å². The molecule has 0 bridgehead atoms. The summed E-state index contributed by atoms with van der Waals surface area (Å²) in [4.78, 5) is 0. The molecular weight excluding hydrogens is 224 g/mol. The van der Waals surface area contributed by atoms with Gasteiger partial charge in [-0.2, -0.15) is 0 Å². The summed E-state index contributed by atoms with van der Waals surface area (Å²) in [5.41, 5.74) is 3.85. The second-order valence-electron chi connectivity index (χ2n) is 5.30. The Morgan fingerprint density at radius 2 is 1.53 bits per heavy atom. The van der Waals surface area contributed by atoms with E-state index in [0.29, 0.717) is 11.1 Å². The molecule has 0 unspecified atom stereocenters. The summed E-state index contributed by atoms with van der Waals surface area (Å²) in [6.45, 7) is 11.1. The predicted molar refractivity (Wildman–Crippen MR) is 78.6 cm³/mol. The highest BCUT2D eigenvalue weighted by Crippen LogP contribution is 2.21. The maximum Gasteiger partial charge on any atom is 0.239 e. The zero-order chi connectivity index (χ0) is 12.8. The molecule has 0 aliphatic rings. The average Bonchev–Trinajstić information content (AvgIpc) is 2.25. The zero-order valence-electron chi connectivity index (χ0n) is 11.6. The lowest BCUT2D eigenvalue weighted by Crippen LogP contribution is -2.22. The van der Waals surface area contributed by atoms with Gasteiger partial charge < -0.3 is 4.43 Å². The van der Waals surface area contributed by atoms with E-state index in [2.05, 4.69) is 65.0 Å². The average molecular weight is 248 g/mol. The van der Waals surface area contributed by atoms with Gasteiger partial charge in [0.2, 0.25) is 9.04 Å². The minimum Gasteiger partial charge on any atom is -0.551 e. The second kappa shape index (κ2) is 6.65. The molecule has 94 valence electrons.